The molecule has 2 aromatic heterocycles. The predicted molar refractivity (Wildman–Crippen MR) is 131 cm³/mol. The number of hydrogen-bond acceptors (Lipinski definition) is 5. The van der Waals surface area contributed by atoms with Crippen LogP contribution in [0.3, 0.4) is 0 Å². The highest BCUT2D eigenvalue weighted by Gasteiger charge is 2.38. The van der Waals surface area contributed by atoms with E-state index in [1.165, 1.54) is 0 Å². The van der Waals surface area contributed by atoms with Crippen LogP contribution in [-0.4, -0.2) is 24.9 Å². The van der Waals surface area contributed by atoms with Crippen LogP contribution in [0, 0.1) is 11.7 Å². The molecule has 0 radical (unpaired) electrons. The molecule has 1 unspecified atom stereocenters. The van der Waals surface area contributed by atoms with Crippen LogP contribution >= 0.6 is 36.0 Å². The number of nitrogens with zero attached hydrogens (tertiary/aromatic N) is 3. The summed E-state index contributed by atoms with van der Waals surface area (Å²) in [4.78, 5) is 7.51. The van der Waals surface area contributed by atoms with Crippen molar-refractivity contribution in [3.05, 3.63) is 86.8 Å². The average molecular weight is 481 g/mol. The maximum Gasteiger partial charge on any atom is 0.231 e. The second kappa shape index (κ2) is 8.01. The van der Waals surface area contributed by atoms with E-state index in [-0.39, 0.29) is 15.8 Å². The minimum Gasteiger partial charge on any atom is -0.420 e. The first kappa shape index (κ1) is 20.6. The van der Waals surface area contributed by atoms with Crippen molar-refractivity contribution in [1.29, 1.82) is 0 Å². The van der Waals surface area contributed by atoms with Gasteiger partial charge in [-0.15, -0.1) is 0 Å². The highest BCUT2D eigenvalue weighted by molar-refractivity contribution is 7.80. The van der Waals surface area contributed by atoms with Crippen LogP contribution in [0.1, 0.15) is 28.3 Å². The molecule has 0 amide bonds. The molecule has 2 aromatic carbocycles. The molecular weight excluding hydrogens is 464 g/mol. The van der Waals surface area contributed by atoms with E-state index in [9.17, 15) is 0 Å². The lowest BCUT2D eigenvalue weighted by Crippen LogP contribution is -2.24. The van der Waals surface area contributed by atoms with Crippen molar-refractivity contribution in [3.63, 3.8) is 0 Å². The van der Waals surface area contributed by atoms with E-state index in [4.69, 9.17) is 51.6 Å². The highest BCUT2D eigenvalue weighted by atomic mass is 35.5. The normalized spacial score (nSPS) is 14.2. The molecular formula is C22H17ClN6OS2. The molecule has 0 saturated carbocycles. The van der Waals surface area contributed by atoms with Gasteiger partial charge in [-0.05, 0) is 55.1 Å². The Morgan fingerprint density at radius 2 is 1.88 bits per heavy atom. The number of aryl methyl sites for hydroxylation is 1. The van der Waals surface area contributed by atoms with Crippen LogP contribution in [0.15, 0.2) is 54.6 Å². The monoisotopic (exact) mass is 480 g/mol. The van der Waals surface area contributed by atoms with Crippen LogP contribution < -0.4 is 15.8 Å². The molecule has 1 aliphatic heterocycles. The van der Waals surface area contributed by atoms with Crippen molar-refractivity contribution >= 4 is 47.0 Å². The molecule has 0 bridgehead atoms. The van der Waals surface area contributed by atoms with Gasteiger partial charge in [0.2, 0.25) is 16.5 Å². The highest BCUT2D eigenvalue weighted by Crippen LogP contribution is 2.51. The summed E-state index contributed by atoms with van der Waals surface area (Å²) in [6.07, 6.45) is 0. The number of hydrogen-bond donors (Lipinski definition) is 3. The molecule has 0 saturated heterocycles. The second-order valence-electron chi connectivity index (χ2n) is 7.23. The van der Waals surface area contributed by atoms with E-state index in [1.807, 2.05) is 61.5 Å². The predicted octanol–water partition coefficient (Wildman–Crippen LogP) is 5.23. The van der Waals surface area contributed by atoms with Crippen LogP contribution in [0.2, 0.25) is 5.02 Å². The van der Waals surface area contributed by atoms with Crippen molar-refractivity contribution in [2.45, 2.75) is 12.8 Å². The number of nitrogens with one attached hydrogen (secondary N) is 2. The number of fused-ring (bicyclic) bond motifs is 2. The zero-order valence-corrected chi connectivity index (χ0v) is 19.2. The number of benzene rings is 2. The zero-order valence-electron chi connectivity index (χ0n) is 16.8. The molecule has 0 fully saturated rings. The maximum absolute atomic E-state index is 6.67. The third-order valence-electron chi connectivity index (χ3n) is 5.23. The molecule has 10 heteroatoms. The van der Waals surface area contributed by atoms with Gasteiger partial charge in [0, 0.05) is 5.02 Å². The summed E-state index contributed by atoms with van der Waals surface area (Å²) in [5.41, 5.74) is 9.88. The Bertz CT molecular complexity index is 1420. The molecule has 7 nitrogen and oxygen atoms in total. The molecule has 0 aliphatic carbocycles. The standard InChI is InChI=1S/C22H17ClN6OS2/c1-11-15-16(13-9-5-6-10-14(13)23)17-18(25-21(24)31)26-22(32)27-19(17)30-20(15)29(28-11)12-7-3-2-4-8-12/h2-10,16H,1H3,(H4,24,25,26,27,31,32). The number of aromatic amines is 1. The number of para-hydroxylation sites is 1. The van der Waals surface area contributed by atoms with Gasteiger partial charge in [0.1, 0.15) is 5.82 Å². The Labute approximate surface area is 199 Å². The van der Waals surface area contributed by atoms with E-state index in [1.54, 1.807) is 4.68 Å². The van der Waals surface area contributed by atoms with Crippen LogP contribution in [-0.2, 0) is 0 Å². The Morgan fingerprint density at radius 3 is 2.59 bits per heavy atom. The minimum absolute atomic E-state index is 0.0875. The van der Waals surface area contributed by atoms with Crippen molar-refractivity contribution < 1.29 is 4.74 Å². The fraction of sp³-hybridized carbons (Fsp3) is 0.0909. The van der Waals surface area contributed by atoms with Crippen molar-refractivity contribution in [1.82, 2.24) is 19.7 Å². The summed E-state index contributed by atoms with van der Waals surface area (Å²) < 4.78 is 8.31. The third-order valence-corrected chi connectivity index (χ3v) is 5.87. The van der Waals surface area contributed by atoms with Gasteiger partial charge in [0.05, 0.1) is 28.4 Å². The summed E-state index contributed by atoms with van der Waals surface area (Å²) in [5, 5.41) is 8.45. The maximum atomic E-state index is 6.67. The van der Waals surface area contributed by atoms with E-state index in [2.05, 4.69) is 15.3 Å². The Hall–Kier alpha value is -3.27. The SMILES string of the molecule is Cc1nn(-c2ccccc2)c2c1C(c1ccccc1Cl)c1c(nc(=S)[nH]c1NC(N)=S)O2. The molecule has 5 rings (SSSR count). The fourth-order valence-corrected chi connectivity index (χ4v) is 4.51. The van der Waals surface area contributed by atoms with E-state index >= 15 is 0 Å². The number of thiocarbonyl (C=S) groups is 1. The van der Waals surface area contributed by atoms with E-state index in [0.29, 0.717) is 28.2 Å². The zero-order chi connectivity index (χ0) is 22.4. The van der Waals surface area contributed by atoms with Gasteiger partial charge >= 0.3 is 0 Å². The first-order chi connectivity index (χ1) is 15.4. The topological polar surface area (TPSA) is 93.8 Å². The van der Waals surface area contributed by atoms with Gasteiger partial charge in [0.15, 0.2) is 5.11 Å². The largest absolute Gasteiger partial charge is 0.420 e. The first-order valence-corrected chi connectivity index (χ1v) is 10.9. The Kier molecular flexibility index (Phi) is 5.16. The first-order valence-electron chi connectivity index (χ1n) is 9.72. The molecule has 4 aromatic rings. The van der Waals surface area contributed by atoms with Crippen LogP contribution in [0.4, 0.5) is 5.82 Å². The number of halogens is 1. The van der Waals surface area contributed by atoms with Gasteiger partial charge in [-0.2, -0.15) is 10.1 Å². The van der Waals surface area contributed by atoms with E-state index < -0.39 is 0 Å². The van der Waals surface area contributed by atoms with E-state index in [0.717, 1.165) is 22.5 Å². The Balaban J connectivity index is 1.84. The second-order valence-corrected chi connectivity index (χ2v) is 8.47. The van der Waals surface area contributed by atoms with Crippen molar-refractivity contribution in [2.24, 2.45) is 5.73 Å². The molecule has 1 aliphatic rings. The number of nitrogens with two attached hydrogens (primary N) is 1. The quantitative estimate of drug-likeness (QED) is 0.304. The number of H-pyrrole nitrogens is 1. The van der Waals surface area contributed by atoms with Gasteiger partial charge in [0.25, 0.3) is 0 Å². The van der Waals surface area contributed by atoms with Crippen LogP contribution in [0.5, 0.6) is 11.8 Å². The lowest BCUT2D eigenvalue weighted by atomic mass is 9.84. The smallest absolute Gasteiger partial charge is 0.231 e. The summed E-state index contributed by atoms with van der Waals surface area (Å²) in [6.45, 7) is 1.94. The number of ether oxygens (including phenoxy) is 1. The van der Waals surface area contributed by atoms with Gasteiger partial charge in [-0.25, -0.2) is 4.68 Å². The molecule has 3 heterocycles. The van der Waals surface area contributed by atoms with Gasteiger partial charge in [-0.3, -0.25) is 0 Å². The summed E-state index contributed by atoms with van der Waals surface area (Å²) in [7, 11) is 0. The summed E-state index contributed by atoms with van der Waals surface area (Å²) >= 11 is 17.1. The van der Waals surface area contributed by atoms with Crippen LogP contribution in [0.25, 0.3) is 5.69 Å². The molecule has 4 N–H and O–H groups in total. The molecule has 1 atom stereocenters. The Morgan fingerprint density at radius 1 is 1.16 bits per heavy atom. The minimum atomic E-state index is -0.351. The van der Waals surface area contributed by atoms with Gasteiger partial charge in [-0.1, -0.05) is 48.0 Å². The molecule has 32 heavy (non-hydrogen) atoms. The number of aromatic nitrogens is 4. The van der Waals surface area contributed by atoms with Gasteiger partial charge < -0.3 is 20.8 Å². The third kappa shape index (κ3) is 3.44. The lowest BCUT2D eigenvalue weighted by Gasteiger charge is -2.28. The lowest BCUT2D eigenvalue weighted by molar-refractivity contribution is 0.402. The average Bonchev–Trinajstić information content (AvgIpc) is 3.09. The molecule has 0 spiro atoms. The summed E-state index contributed by atoms with van der Waals surface area (Å²) in [6, 6.07) is 17.4. The number of anilines is 1. The van der Waals surface area contributed by atoms with Crippen molar-refractivity contribution in [2.75, 3.05) is 5.32 Å². The van der Waals surface area contributed by atoms with Crippen molar-refractivity contribution in [3.8, 4) is 17.4 Å². The number of rotatable bonds is 3. The summed E-state index contributed by atoms with van der Waals surface area (Å²) in [5.74, 6) is 1.05. The fourth-order valence-electron chi connectivity index (χ4n) is 3.98. The molecule has 160 valence electrons.